The molecule has 2 fully saturated rings. The summed E-state index contributed by atoms with van der Waals surface area (Å²) in [5, 5.41) is 9.90. The summed E-state index contributed by atoms with van der Waals surface area (Å²) in [6, 6.07) is 0. The Bertz CT molecular complexity index is 167. The van der Waals surface area contributed by atoms with Gasteiger partial charge in [0, 0.05) is 12.5 Å². The SMILES string of the molecule is CN(C)C[C@@H]1[C@H]2CC[C@H](C2)[C@H]1O. The van der Waals surface area contributed by atoms with E-state index in [0.29, 0.717) is 11.8 Å². The normalized spacial score (nSPS) is 46.0. The van der Waals surface area contributed by atoms with Crippen molar-refractivity contribution in [2.75, 3.05) is 20.6 Å². The highest BCUT2D eigenvalue weighted by Crippen LogP contribution is 2.48. The smallest absolute Gasteiger partial charge is 0.0611 e. The van der Waals surface area contributed by atoms with E-state index in [1.165, 1.54) is 19.3 Å². The van der Waals surface area contributed by atoms with Gasteiger partial charge >= 0.3 is 0 Å². The Labute approximate surface area is 74.6 Å². The third kappa shape index (κ3) is 1.27. The van der Waals surface area contributed by atoms with Crippen molar-refractivity contribution in [1.82, 2.24) is 4.90 Å². The number of aliphatic hydroxyl groups excluding tert-OH is 1. The van der Waals surface area contributed by atoms with Crippen molar-refractivity contribution in [2.24, 2.45) is 17.8 Å². The first-order valence-electron chi connectivity index (χ1n) is 5.01. The van der Waals surface area contributed by atoms with Crippen molar-refractivity contribution < 1.29 is 5.11 Å². The molecule has 0 spiro atoms. The van der Waals surface area contributed by atoms with Gasteiger partial charge < -0.3 is 10.0 Å². The summed E-state index contributed by atoms with van der Waals surface area (Å²) in [6.07, 6.45) is 3.93. The minimum absolute atomic E-state index is 0.00569. The van der Waals surface area contributed by atoms with Crippen molar-refractivity contribution in [1.29, 1.82) is 0 Å². The summed E-state index contributed by atoms with van der Waals surface area (Å²) in [6.45, 7) is 1.07. The highest BCUT2D eigenvalue weighted by atomic mass is 16.3. The predicted molar refractivity (Wildman–Crippen MR) is 48.9 cm³/mol. The van der Waals surface area contributed by atoms with Crippen LogP contribution < -0.4 is 0 Å². The Kier molecular flexibility index (Phi) is 2.13. The number of hydrogen-bond acceptors (Lipinski definition) is 2. The fourth-order valence-corrected chi connectivity index (χ4v) is 3.06. The molecule has 0 aliphatic heterocycles. The Hall–Kier alpha value is -0.0800. The molecule has 2 rings (SSSR count). The number of aliphatic hydroxyl groups is 1. The van der Waals surface area contributed by atoms with Gasteiger partial charge in [-0.05, 0) is 45.2 Å². The zero-order valence-electron chi connectivity index (χ0n) is 8.03. The van der Waals surface area contributed by atoms with E-state index < -0.39 is 0 Å². The summed E-state index contributed by atoms with van der Waals surface area (Å²) in [7, 11) is 4.19. The maximum absolute atomic E-state index is 9.90. The van der Waals surface area contributed by atoms with E-state index in [-0.39, 0.29) is 6.10 Å². The zero-order valence-corrected chi connectivity index (χ0v) is 8.03. The Morgan fingerprint density at radius 3 is 2.42 bits per heavy atom. The standard InChI is InChI=1S/C10H19NO/c1-11(2)6-9-7-3-4-8(5-7)10(9)12/h7-10,12H,3-6H2,1-2H3/t7-,8+,9+,10+/m0/s1. The monoisotopic (exact) mass is 169 g/mol. The molecule has 1 N–H and O–H groups in total. The lowest BCUT2D eigenvalue weighted by Crippen LogP contribution is -2.35. The second kappa shape index (κ2) is 3.00. The summed E-state index contributed by atoms with van der Waals surface area (Å²) in [4.78, 5) is 2.20. The summed E-state index contributed by atoms with van der Waals surface area (Å²) in [5.74, 6) is 2.03. The lowest BCUT2D eigenvalue weighted by Gasteiger charge is -2.29. The van der Waals surface area contributed by atoms with E-state index in [0.717, 1.165) is 12.5 Å². The Morgan fingerprint density at radius 1 is 1.25 bits per heavy atom. The average Bonchev–Trinajstić information content (AvgIpc) is 2.53. The van der Waals surface area contributed by atoms with Crippen molar-refractivity contribution in [3.05, 3.63) is 0 Å². The first kappa shape index (κ1) is 8.52. The summed E-state index contributed by atoms with van der Waals surface area (Å²) < 4.78 is 0. The second-order valence-corrected chi connectivity index (χ2v) is 4.75. The van der Waals surface area contributed by atoms with Crippen LogP contribution in [0, 0.1) is 17.8 Å². The van der Waals surface area contributed by atoms with Crippen LogP contribution in [0.1, 0.15) is 19.3 Å². The van der Waals surface area contributed by atoms with Gasteiger partial charge in [-0.25, -0.2) is 0 Å². The van der Waals surface area contributed by atoms with Crippen molar-refractivity contribution in [3.63, 3.8) is 0 Å². The third-order valence-electron chi connectivity index (χ3n) is 3.62. The second-order valence-electron chi connectivity index (χ2n) is 4.75. The van der Waals surface area contributed by atoms with Gasteiger partial charge in [0.2, 0.25) is 0 Å². The first-order chi connectivity index (χ1) is 5.68. The van der Waals surface area contributed by atoms with Crippen molar-refractivity contribution in [2.45, 2.75) is 25.4 Å². The summed E-state index contributed by atoms with van der Waals surface area (Å²) >= 11 is 0. The van der Waals surface area contributed by atoms with Gasteiger partial charge in [-0.2, -0.15) is 0 Å². The van der Waals surface area contributed by atoms with Crippen LogP contribution in [0.5, 0.6) is 0 Å². The lowest BCUT2D eigenvalue weighted by atomic mass is 9.86. The highest BCUT2D eigenvalue weighted by molar-refractivity contribution is 4.97. The number of fused-ring (bicyclic) bond motifs is 2. The molecule has 0 radical (unpaired) electrons. The van der Waals surface area contributed by atoms with Crippen LogP contribution in [-0.2, 0) is 0 Å². The molecule has 2 saturated carbocycles. The minimum atomic E-state index is 0.00569. The van der Waals surface area contributed by atoms with E-state index in [4.69, 9.17) is 0 Å². The average molecular weight is 169 g/mol. The molecule has 0 unspecified atom stereocenters. The maximum Gasteiger partial charge on any atom is 0.0611 e. The molecule has 2 bridgehead atoms. The van der Waals surface area contributed by atoms with E-state index in [1.807, 2.05) is 0 Å². The van der Waals surface area contributed by atoms with Crippen LogP contribution >= 0.6 is 0 Å². The van der Waals surface area contributed by atoms with E-state index in [2.05, 4.69) is 19.0 Å². The van der Waals surface area contributed by atoms with Crippen LogP contribution in [0.2, 0.25) is 0 Å². The quantitative estimate of drug-likeness (QED) is 0.665. The molecular weight excluding hydrogens is 150 g/mol. The van der Waals surface area contributed by atoms with Crippen LogP contribution in [-0.4, -0.2) is 36.8 Å². The van der Waals surface area contributed by atoms with E-state index in [1.54, 1.807) is 0 Å². The lowest BCUT2D eigenvalue weighted by molar-refractivity contribution is 0.0459. The number of hydrogen-bond donors (Lipinski definition) is 1. The summed E-state index contributed by atoms with van der Waals surface area (Å²) in [5.41, 5.74) is 0. The molecule has 2 nitrogen and oxygen atoms in total. The van der Waals surface area contributed by atoms with E-state index in [9.17, 15) is 5.11 Å². The van der Waals surface area contributed by atoms with Crippen LogP contribution in [0.4, 0.5) is 0 Å². The zero-order chi connectivity index (χ0) is 8.72. The largest absolute Gasteiger partial charge is 0.392 e. The molecule has 2 aliphatic rings. The molecule has 2 aliphatic carbocycles. The molecule has 12 heavy (non-hydrogen) atoms. The first-order valence-corrected chi connectivity index (χ1v) is 5.01. The molecule has 4 atom stereocenters. The molecule has 0 aromatic heterocycles. The van der Waals surface area contributed by atoms with Gasteiger partial charge in [-0.3, -0.25) is 0 Å². The van der Waals surface area contributed by atoms with Gasteiger partial charge in [0.1, 0.15) is 0 Å². The Morgan fingerprint density at radius 2 is 1.92 bits per heavy atom. The van der Waals surface area contributed by atoms with E-state index >= 15 is 0 Å². The van der Waals surface area contributed by atoms with Crippen LogP contribution in [0.25, 0.3) is 0 Å². The molecule has 0 amide bonds. The highest BCUT2D eigenvalue weighted by Gasteiger charge is 2.46. The van der Waals surface area contributed by atoms with Gasteiger partial charge in [0.05, 0.1) is 6.10 Å². The molecule has 70 valence electrons. The van der Waals surface area contributed by atoms with Gasteiger partial charge in [-0.1, -0.05) is 0 Å². The van der Waals surface area contributed by atoms with Crippen molar-refractivity contribution >= 4 is 0 Å². The van der Waals surface area contributed by atoms with Gasteiger partial charge in [-0.15, -0.1) is 0 Å². The third-order valence-corrected chi connectivity index (χ3v) is 3.62. The van der Waals surface area contributed by atoms with Gasteiger partial charge in [0.15, 0.2) is 0 Å². The molecular formula is C10H19NO. The molecule has 2 heteroatoms. The predicted octanol–water partition coefficient (Wildman–Crippen LogP) is 0.955. The van der Waals surface area contributed by atoms with Crippen LogP contribution in [0.3, 0.4) is 0 Å². The van der Waals surface area contributed by atoms with Crippen LogP contribution in [0.15, 0.2) is 0 Å². The topological polar surface area (TPSA) is 23.5 Å². The Balaban J connectivity index is 1.98. The molecule has 0 heterocycles. The minimum Gasteiger partial charge on any atom is -0.392 e. The van der Waals surface area contributed by atoms with Crippen molar-refractivity contribution in [3.8, 4) is 0 Å². The molecule has 0 aromatic carbocycles. The fraction of sp³-hybridized carbons (Fsp3) is 1.00. The number of nitrogens with zero attached hydrogens (tertiary/aromatic N) is 1. The molecule has 0 aromatic rings. The fourth-order valence-electron chi connectivity index (χ4n) is 3.06. The van der Waals surface area contributed by atoms with Gasteiger partial charge in [0.25, 0.3) is 0 Å². The molecule has 0 saturated heterocycles. The maximum atomic E-state index is 9.90. The number of rotatable bonds is 2.